The van der Waals surface area contributed by atoms with E-state index in [4.69, 9.17) is 5.73 Å². The van der Waals surface area contributed by atoms with Crippen LogP contribution in [-0.4, -0.2) is 18.5 Å². The van der Waals surface area contributed by atoms with Gasteiger partial charge >= 0.3 is 0 Å². The Kier molecular flexibility index (Phi) is 3.01. The maximum atomic E-state index is 11.9. The molecule has 0 spiro atoms. The molecule has 0 heterocycles. The van der Waals surface area contributed by atoms with Gasteiger partial charge in [-0.15, -0.1) is 0 Å². The Morgan fingerprint density at radius 2 is 2.07 bits per heavy atom. The van der Waals surface area contributed by atoms with Gasteiger partial charge in [-0.25, -0.2) is 0 Å². The van der Waals surface area contributed by atoms with Crippen molar-refractivity contribution in [3.8, 4) is 0 Å². The first-order valence-corrected chi connectivity index (χ1v) is 6.19. The highest BCUT2D eigenvalue weighted by Crippen LogP contribution is 2.45. The van der Waals surface area contributed by atoms with Crippen LogP contribution in [0.15, 0.2) is 0 Å². The number of amides is 1. The Hall–Kier alpha value is -0.570. The van der Waals surface area contributed by atoms with Gasteiger partial charge in [-0.05, 0) is 38.5 Å². The van der Waals surface area contributed by atoms with Gasteiger partial charge < -0.3 is 11.1 Å². The molecule has 2 rings (SSSR count). The number of nitrogens with two attached hydrogens (primary N) is 1. The highest BCUT2D eigenvalue weighted by molar-refractivity contribution is 5.85. The van der Waals surface area contributed by atoms with Crippen molar-refractivity contribution in [3.63, 3.8) is 0 Å². The van der Waals surface area contributed by atoms with Gasteiger partial charge in [-0.3, -0.25) is 4.79 Å². The lowest BCUT2D eigenvalue weighted by Crippen LogP contribution is -2.43. The van der Waals surface area contributed by atoms with E-state index in [1.807, 2.05) is 0 Å². The van der Waals surface area contributed by atoms with Crippen molar-refractivity contribution < 1.29 is 4.79 Å². The number of carbonyl (C=O) groups excluding carboxylic acids is 1. The lowest BCUT2D eigenvalue weighted by molar-refractivity contribution is -0.126. The Labute approximate surface area is 91.8 Å². The van der Waals surface area contributed by atoms with E-state index in [0.717, 1.165) is 12.8 Å². The van der Waals surface area contributed by atoms with Crippen LogP contribution < -0.4 is 11.1 Å². The van der Waals surface area contributed by atoms with Gasteiger partial charge in [0.1, 0.15) is 0 Å². The highest BCUT2D eigenvalue weighted by Gasteiger charge is 2.48. The number of carbonyl (C=O) groups is 1. The molecule has 0 aromatic rings. The smallest absolute Gasteiger partial charge is 0.227 e. The van der Waals surface area contributed by atoms with Crippen molar-refractivity contribution in [2.24, 2.45) is 17.1 Å². The number of rotatable bonds is 4. The molecule has 0 aromatic carbocycles. The molecular weight excluding hydrogens is 188 g/mol. The zero-order chi connectivity index (χ0) is 10.9. The first-order chi connectivity index (χ1) is 7.18. The van der Waals surface area contributed by atoms with E-state index in [0.29, 0.717) is 18.5 Å². The quantitative estimate of drug-likeness (QED) is 0.737. The van der Waals surface area contributed by atoms with E-state index in [-0.39, 0.29) is 11.3 Å². The zero-order valence-corrected chi connectivity index (χ0v) is 9.59. The maximum Gasteiger partial charge on any atom is 0.227 e. The molecule has 0 radical (unpaired) electrons. The minimum absolute atomic E-state index is 0.188. The van der Waals surface area contributed by atoms with Gasteiger partial charge in [0.05, 0.1) is 5.41 Å². The van der Waals surface area contributed by atoms with Gasteiger partial charge in [0.2, 0.25) is 5.91 Å². The van der Waals surface area contributed by atoms with Crippen LogP contribution in [0, 0.1) is 11.3 Å². The fraction of sp³-hybridized carbons (Fsp3) is 0.917. The molecule has 1 atom stereocenters. The van der Waals surface area contributed by atoms with Crippen molar-refractivity contribution in [2.45, 2.75) is 51.5 Å². The van der Waals surface area contributed by atoms with E-state index >= 15 is 0 Å². The van der Waals surface area contributed by atoms with E-state index < -0.39 is 0 Å². The van der Waals surface area contributed by atoms with Crippen LogP contribution in [0.4, 0.5) is 0 Å². The third kappa shape index (κ3) is 2.17. The topological polar surface area (TPSA) is 55.1 Å². The SMILES string of the molecule is C[C@H](NC(=O)C1(CN)CC1)C1CCCC1. The van der Waals surface area contributed by atoms with Gasteiger partial charge in [-0.1, -0.05) is 12.8 Å². The lowest BCUT2D eigenvalue weighted by atomic mass is 9.98. The lowest BCUT2D eigenvalue weighted by Gasteiger charge is -2.23. The predicted octanol–water partition coefficient (Wildman–Crippen LogP) is 1.42. The molecule has 3 N–H and O–H groups in total. The summed E-state index contributed by atoms with van der Waals surface area (Å²) >= 11 is 0. The molecule has 2 saturated carbocycles. The van der Waals surface area contributed by atoms with E-state index in [1.165, 1.54) is 25.7 Å². The van der Waals surface area contributed by atoms with Gasteiger partial charge in [0.25, 0.3) is 0 Å². The molecule has 3 nitrogen and oxygen atoms in total. The zero-order valence-electron chi connectivity index (χ0n) is 9.59. The molecule has 2 aliphatic carbocycles. The Morgan fingerprint density at radius 1 is 1.47 bits per heavy atom. The average molecular weight is 210 g/mol. The van der Waals surface area contributed by atoms with Gasteiger partial charge in [0.15, 0.2) is 0 Å². The molecule has 0 aliphatic heterocycles. The van der Waals surface area contributed by atoms with Crippen LogP contribution in [0.1, 0.15) is 45.4 Å². The summed E-state index contributed by atoms with van der Waals surface area (Å²) in [5.41, 5.74) is 5.45. The monoisotopic (exact) mass is 210 g/mol. The third-order valence-corrected chi connectivity index (χ3v) is 4.19. The van der Waals surface area contributed by atoms with E-state index in [1.54, 1.807) is 0 Å². The van der Waals surface area contributed by atoms with Crippen LogP contribution in [0.2, 0.25) is 0 Å². The molecule has 0 aromatic heterocycles. The Balaban J connectivity index is 1.83. The second-order valence-corrected chi connectivity index (χ2v) is 5.29. The normalized spacial score (nSPS) is 26.3. The number of hydrogen-bond donors (Lipinski definition) is 2. The molecule has 0 unspecified atom stereocenters. The molecule has 86 valence electrons. The molecule has 2 aliphatic rings. The summed E-state index contributed by atoms with van der Waals surface area (Å²) in [5.74, 6) is 0.895. The van der Waals surface area contributed by atoms with Crippen LogP contribution in [0.3, 0.4) is 0 Å². The molecular formula is C12H22N2O. The van der Waals surface area contributed by atoms with Gasteiger partial charge in [-0.2, -0.15) is 0 Å². The first kappa shape index (κ1) is 10.9. The van der Waals surface area contributed by atoms with Crippen LogP contribution in [-0.2, 0) is 4.79 Å². The number of hydrogen-bond acceptors (Lipinski definition) is 2. The van der Waals surface area contributed by atoms with Crippen LogP contribution in [0.25, 0.3) is 0 Å². The van der Waals surface area contributed by atoms with Crippen molar-refractivity contribution in [3.05, 3.63) is 0 Å². The minimum Gasteiger partial charge on any atom is -0.353 e. The minimum atomic E-state index is -0.188. The van der Waals surface area contributed by atoms with Crippen molar-refractivity contribution >= 4 is 5.91 Å². The van der Waals surface area contributed by atoms with E-state index in [9.17, 15) is 4.79 Å². The average Bonchev–Trinajstić information content (AvgIpc) is 2.84. The maximum absolute atomic E-state index is 11.9. The molecule has 1 amide bonds. The fourth-order valence-electron chi connectivity index (χ4n) is 2.61. The summed E-state index contributed by atoms with van der Waals surface area (Å²) in [6.07, 6.45) is 7.16. The molecule has 0 bridgehead atoms. The Bertz CT molecular complexity index is 242. The standard InChI is InChI=1S/C12H22N2O/c1-9(10-4-2-3-5-10)14-11(15)12(8-13)6-7-12/h9-10H,2-8,13H2,1H3,(H,14,15)/t9-/m0/s1. The van der Waals surface area contributed by atoms with Crippen molar-refractivity contribution in [2.75, 3.05) is 6.54 Å². The second-order valence-electron chi connectivity index (χ2n) is 5.29. The van der Waals surface area contributed by atoms with Crippen molar-refractivity contribution in [1.29, 1.82) is 0 Å². The summed E-state index contributed by atoms with van der Waals surface area (Å²) in [7, 11) is 0. The predicted molar refractivity (Wildman–Crippen MR) is 60.3 cm³/mol. The Morgan fingerprint density at radius 3 is 2.53 bits per heavy atom. The summed E-state index contributed by atoms with van der Waals surface area (Å²) in [6, 6.07) is 0.337. The summed E-state index contributed by atoms with van der Waals surface area (Å²) in [6.45, 7) is 2.65. The van der Waals surface area contributed by atoms with Crippen LogP contribution >= 0.6 is 0 Å². The summed E-state index contributed by atoms with van der Waals surface area (Å²) in [5, 5.41) is 3.16. The van der Waals surface area contributed by atoms with Crippen LogP contribution in [0.5, 0.6) is 0 Å². The molecule has 0 saturated heterocycles. The summed E-state index contributed by atoms with van der Waals surface area (Å²) < 4.78 is 0. The summed E-state index contributed by atoms with van der Waals surface area (Å²) in [4.78, 5) is 11.9. The van der Waals surface area contributed by atoms with E-state index in [2.05, 4.69) is 12.2 Å². The highest BCUT2D eigenvalue weighted by atomic mass is 16.2. The first-order valence-electron chi connectivity index (χ1n) is 6.19. The molecule has 3 heteroatoms. The van der Waals surface area contributed by atoms with Gasteiger partial charge in [0, 0.05) is 12.6 Å². The van der Waals surface area contributed by atoms with Crippen molar-refractivity contribution in [1.82, 2.24) is 5.32 Å². The number of nitrogens with one attached hydrogen (secondary N) is 1. The fourth-order valence-corrected chi connectivity index (χ4v) is 2.61. The molecule has 2 fully saturated rings. The molecule has 15 heavy (non-hydrogen) atoms. The second kappa shape index (κ2) is 4.12. The largest absolute Gasteiger partial charge is 0.353 e. The third-order valence-electron chi connectivity index (χ3n) is 4.19.